The predicted octanol–water partition coefficient (Wildman–Crippen LogP) is 0.137. The zero-order valence-corrected chi connectivity index (χ0v) is 9.45. The molecule has 1 aromatic heterocycles. The molecule has 1 aliphatic heterocycles. The summed E-state index contributed by atoms with van der Waals surface area (Å²) < 4.78 is 0. The van der Waals surface area contributed by atoms with E-state index < -0.39 is 0 Å². The molecule has 0 spiro atoms. The first-order valence-corrected chi connectivity index (χ1v) is 5.57. The highest BCUT2D eigenvalue weighted by molar-refractivity contribution is 5.96. The summed E-state index contributed by atoms with van der Waals surface area (Å²) >= 11 is 0. The highest BCUT2D eigenvalue weighted by atomic mass is 16.4. The predicted molar refractivity (Wildman–Crippen MR) is 64.2 cm³/mol. The van der Waals surface area contributed by atoms with Crippen molar-refractivity contribution in [3.63, 3.8) is 0 Å². The summed E-state index contributed by atoms with van der Waals surface area (Å²) in [6, 6.07) is 3.73. The Balaban J connectivity index is 2.18. The van der Waals surface area contributed by atoms with Crippen LogP contribution in [0, 0.1) is 0 Å². The van der Waals surface area contributed by atoms with Crippen LogP contribution >= 0.6 is 0 Å². The molecule has 0 amide bonds. The number of oxime groups is 1. The van der Waals surface area contributed by atoms with Gasteiger partial charge in [0, 0.05) is 18.3 Å². The Labute approximate surface area is 99.4 Å². The minimum absolute atomic E-state index is 0.0455. The van der Waals surface area contributed by atoms with Crippen LogP contribution in [0.2, 0.25) is 0 Å². The molecule has 2 rings (SSSR count). The molecule has 0 aromatic carbocycles. The van der Waals surface area contributed by atoms with Crippen molar-refractivity contribution in [2.75, 3.05) is 18.1 Å². The zero-order chi connectivity index (χ0) is 12.3. The van der Waals surface area contributed by atoms with Gasteiger partial charge < -0.3 is 20.9 Å². The van der Waals surface area contributed by atoms with Gasteiger partial charge in [0.2, 0.25) is 0 Å². The van der Waals surface area contributed by atoms with Crippen molar-refractivity contribution in [1.29, 1.82) is 0 Å². The number of nitrogens with zero attached hydrogens (tertiary/aromatic N) is 3. The van der Waals surface area contributed by atoms with Crippen molar-refractivity contribution < 1.29 is 10.3 Å². The summed E-state index contributed by atoms with van der Waals surface area (Å²) in [5.74, 6) is 0.861. The second-order valence-corrected chi connectivity index (χ2v) is 4.06. The van der Waals surface area contributed by atoms with Gasteiger partial charge in [0.1, 0.15) is 5.82 Å². The summed E-state index contributed by atoms with van der Waals surface area (Å²) in [4.78, 5) is 6.35. The summed E-state index contributed by atoms with van der Waals surface area (Å²) in [6.07, 6.45) is 3.62. The van der Waals surface area contributed by atoms with E-state index >= 15 is 0 Å². The highest BCUT2D eigenvalue weighted by Crippen LogP contribution is 2.23. The lowest BCUT2D eigenvalue weighted by atomic mass is 10.2. The Morgan fingerprint density at radius 3 is 3.00 bits per heavy atom. The van der Waals surface area contributed by atoms with Gasteiger partial charge in [0.25, 0.3) is 0 Å². The van der Waals surface area contributed by atoms with Gasteiger partial charge in [0.15, 0.2) is 5.84 Å². The van der Waals surface area contributed by atoms with Crippen LogP contribution in [0.25, 0.3) is 0 Å². The van der Waals surface area contributed by atoms with E-state index in [1.54, 1.807) is 12.3 Å². The fraction of sp³-hybridized carbons (Fsp3) is 0.455. The molecule has 0 bridgehead atoms. The third-order valence-electron chi connectivity index (χ3n) is 3.03. The van der Waals surface area contributed by atoms with Gasteiger partial charge in [-0.2, -0.15) is 0 Å². The molecule has 0 aliphatic carbocycles. The molecular weight excluding hydrogens is 220 g/mol. The van der Waals surface area contributed by atoms with Crippen molar-refractivity contribution in [2.24, 2.45) is 10.9 Å². The Morgan fingerprint density at radius 1 is 1.59 bits per heavy atom. The summed E-state index contributed by atoms with van der Waals surface area (Å²) in [5.41, 5.74) is 6.04. The molecule has 0 saturated carbocycles. The van der Waals surface area contributed by atoms with Crippen LogP contribution in [0.4, 0.5) is 5.82 Å². The molecule has 0 radical (unpaired) electrons. The largest absolute Gasteiger partial charge is 0.409 e. The number of aliphatic hydroxyl groups excluding tert-OH is 1. The fourth-order valence-electron chi connectivity index (χ4n) is 2.09. The normalized spacial score (nSPS) is 20.9. The molecule has 6 nitrogen and oxygen atoms in total. The Hall–Kier alpha value is -1.82. The lowest BCUT2D eigenvalue weighted by Crippen LogP contribution is -2.32. The smallest absolute Gasteiger partial charge is 0.171 e. The van der Waals surface area contributed by atoms with Crippen LogP contribution in [0.3, 0.4) is 0 Å². The third-order valence-corrected chi connectivity index (χ3v) is 3.03. The van der Waals surface area contributed by atoms with Gasteiger partial charge in [-0.15, -0.1) is 0 Å². The first kappa shape index (κ1) is 11.7. The van der Waals surface area contributed by atoms with E-state index in [0.29, 0.717) is 5.56 Å². The van der Waals surface area contributed by atoms with E-state index in [1.807, 2.05) is 6.07 Å². The highest BCUT2D eigenvalue weighted by Gasteiger charge is 2.24. The number of anilines is 1. The van der Waals surface area contributed by atoms with Crippen LogP contribution in [-0.4, -0.2) is 40.3 Å². The Morgan fingerprint density at radius 2 is 2.41 bits per heavy atom. The second-order valence-electron chi connectivity index (χ2n) is 4.06. The van der Waals surface area contributed by atoms with Crippen molar-refractivity contribution in [3.8, 4) is 0 Å². The minimum Gasteiger partial charge on any atom is -0.409 e. The van der Waals surface area contributed by atoms with Gasteiger partial charge >= 0.3 is 0 Å². The average molecular weight is 236 g/mol. The first-order valence-electron chi connectivity index (χ1n) is 5.57. The van der Waals surface area contributed by atoms with E-state index in [-0.39, 0.29) is 18.5 Å². The van der Waals surface area contributed by atoms with Gasteiger partial charge in [-0.05, 0) is 25.0 Å². The SMILES string of the molecule is NC(=NO)c1ccc(N2CCCC2CO)nc1. The molecule has 17 heavy (non-hydrogen) atoms. The maximum Gasteiger partial charge on any atom is 0.171 e. The maximum absolute atomic E-state index is 9.24. The standard InChI is InChI=1S/C11H16N4O2/c12-11(14-17)8-3-4-10(13-6-8)15-5-1-2-9(15)7-16/h3-4,6,9,16-17H,1-2,5,7H2,(H2,12,14). The van der Waals surface area contributed by atoms with Crippen molar-refractivity contribution >= 4 is 11.7 Å². The van der Waals surface area contributed by atoms with Crippen LogP contribution in [0.5, 0.6) is 0 Å². The number of pyridine rings is 1. The molecule has 1 atom stereocenters. The van der Waals surface area contributed by atoms with Gasteiger partial charge in [-0.25, -0.2) is 4.98 Å². The van der Waals surface area contributed by atoms with Gasteiger partial charge in [-0.1, -0.05) is 5.16 Å². The second kappa shape index (κ2) is 5.01. The molecule has 92 valence electrons. The van der Waals surface area contributed by atoms with Crippen LogP contribution < -0.4 is 10.6 Å². The van der Waals surface area contributed by atoms with E-state index in [2.05, 4.69) is 15.0 Å². The molecule has 1 unspecified atom stereocenters. The van der Waals surface area contributed by atoms with Gasteiger partial charge in [-0.3, -0.25) is 0 Å². The Kier molecular flexibility index (Phi) is 3.43. The monoisotopic (exact) mass is 236 g/mol. The van der Waals surface area contributed by atoms with Crippen molar-refractivity contribution in [3.05, 3.63) is 23.9 Å². The van der Waals surface area contributed by atoms with Crippen molar-refractivity contribution in [2.45, 2.75) is 18.9 Å². The summed E-state index contributed by atoms with van der Waals surface area (Å²) in [6.45, 7) is 1.05. The maximum atomic E-state index is 9.24. The molecule has 1 aliphatic rings. The van der Waals surface area contributed by atoms with Gasteiger partial charge in [0.05, 0.1) is 12.6 Å². The molecule has 6 heteroatoms. The molecule has 2 heterocycles. The van der Waals surface area contributed by atoms with Crippen LogP contribution in [0.1, 0.15) is 18.4 Å². The third kappa shape index (κ3) is 2.31. The lowest BCUT2D eigenvalue weighted by Gasteiger charge is -2.24. The number of aliphatic hydroxyl groups is 1. The van der Waals surface area contributed by atoms with E-state index in [9.17, 15) is 5.11 Å². The van der Waals surface area contributed by atoms with Crippen molar-refractivity contribution in [1.82, 2.24) is 4.98 Å². The number of aromatic nitrogens is 1. The van der Waals surface area contributed by atoms with E-state index in [1.165, 1.54) is 0 Å². The van der Waals surface area contributed by atoms with E-state index in [4.69, 9.17) is 10.9 Å². The number of hydrogen-bond donors (Lipinski definition) is 3. The summed E-state index contributed by atoms with van der Waals surface area (Å²) in [7, 11) is 0. The lowest BCUT2D eigenvalue weighted by molar-refractivity contribution is 0.266. The van der Waals surface area contributed by atoms with Crippen LogP contribution in [0.15, 0.2) is 23.5 Å². The number of rotatable bonds is 3. The molecular formula is C11H16N4O2. The zero-order valence-electron chi connectivity index (χ0n) is 9.45. The Bertz CT molecular complexity index is 404. The quantitative estimate of drug-likeness (QED) is 0.300. The molecule has 1 fully saturated rings. The number of hydrogen-bond acceptors (Lipinski definition) is 5. The minimum atomic E-state index is 0.0455. The number of amidine groups is 1. The molecule has 1 aromatic rings. The topological polar surface area (TPSA) is 95.0 Å². The van der Waals surface area contributed by atoms with E-state index in [0.717, 1.165) is 25.2 Å². The number of nitrogens with two attached hydrogens (primary N) is 1. The summed E-state index contributed by atoms with van der Waals surface area (Å²) in [5, 5.41) is 20.7. The van der Waals surface area contributed by atoms with Crippen LogP contribution in [-0.2, 0) is 0 Å². The fourth-order valence-corrected chi connectivity index (χ4v) is 2.09. The first-order chi connectivity index (χ1) is 8.26. The molecule has 4 N–H and O–H groups in total. The average Bonchev–Trinajstić information content (AvgIpc) is 2.86. The molecule has 1 saturated heterocycles.